The van der Waals surface area contributed by atoms with Crippen molar-refractivity contribution in [3.05, 3.63) is 64.9 Å². The molecule has 1 aliphatic carbocycles. The third kappa shape index (κ3) is 1.97. The van der Waals surface area contributed by atoms with Crippen LogP contribution in [-0.4, -0.2) is 22.1 Å². The molecule has 2 aromatic rings. The number of non-ortho nitro benzene ring substituents is 1. The highest BCUT2D eigenvalue weighted by Crippen LogP contribution is 2.34. The van der Waals surface area contributed by atoms with E-state index >= 15 is 0 Å². The number of nitrogens with zero attached hydrogens (tertiary/aromatic N) is 2. The van der Waals surface area contributed by atoms with Gasteiger partial charge in [0.25, 0.3) is 5.69 Å². The van der Waals surface area contributed by atoms with Gasteiger partial charge in [0, 0.05) is 17.6 Å². The van der Waals surface area contributed by atoms with Gasteiger partial charge in [0.1, 0.15) is 10.3 Å². The minimum absolute atomic E-state index is 0.108. The van der Waals surface area contributed by atoms with Gasteiger partial charge in [0.15, 0.2) is 0 Å². The van der Waals surface area contributed by atoms with Gasteiger partial charge in [0.05, 0.1) is 4.92 Å². The molecule has 0 saturated heterocycles. The smallest absolute Gasteiger partial charge is 0.258 e. The Morgan fingerprint density at radius 3 is 2.68 bits per heavy atom. The lowest BCUT2D eigenvalue weighted by molar-refractivity contribution is -0.383. The molecule has 1 aromatic heterocycles. The molecule has 0 spiro atoms. The van der Waals surface area contributed by atoms with Gasteiger partial charge in [-0.25, -0.2) is 12.4 Å². The van der Waals surface area contributed by atoms with Crippen molar-refractivity contribution in [3.63, 3.8) is 0 Å². The summed E-state index contributed by atoms with van der Waals surface area (Å²) in [4.78, 5) is 10.7. The van der Waals surface area contributed by atoms with Crippen molar-refractivity contribution in [2.75, 3.05) is 0 Å². The van der Waals surface area contributed by atoms with E-state index in [9.17, 15) is 18.5 Å². The monoisotopic (exact) mass is 318 g/mol. The lowest BCUT2D eigenvalue weighted by atomic mass is 10.0. The van der Waals surface area contributed by atoms with Crippen LogP contribution in [0.25, 0.3) is 10.9 Å². The van der Waals surface area contributed by atoms with Crippen LogP contribution < -0.4 is 0 Å². The molecule has 0 aliphatic heterocycles. The van der Waals surface area contributed by atoms with Gasteiger partial charge in [-0.3, -0.25) is 10.1 Å². The number of hydrogen-bond donors (Lipinski definition) is 0. The van der Waals surface area contributed by atoms with Crippen LogP contribution in [0.15, 0.2) is 54.8 Å². The molecule has 1 atom stereocenters. The average molecular weight is 318 g/mol. The SMILES string of the molecule is CC1(S(=O)(=O)n2ccc3cccc([N+](=O)[O-])c32)C=CC=CC1. The number of fused-ring (bicyclic) bond motifs is 1. The molecule has 1 heterocycles. The molecule has 114 valence electrons. The van der Waals surface area contributed by atoms with Crippen molar-refractivity contribution in [3.8, 4) is 0 Å². The molecule has 0 fully saturated rings. The molecular formula is C15H14N2O4S. The van der Waals surface area contributed by atoms with Crippen molar-refractivity contribution in [2.45, 2.75) is 18.1 Å². The molecule has 7 heteroatoms. The highest BCUT2D eigenvalue weighted by Gasteiger charge is 2.39. The average Bonchev–Trinajstić information content (AvgIpc) is 2.92. The number of para-hydroxylation sites is 1. The molecule has 0 N–H and O–H groups in total. The standard InChI is InChI=1S/C15H14N2O4S/c1-15(9-3-2-4-10-15)22(20,21)16-11-8-12-6-5-7-13(14(12)16)17(18)19/h2-9,11H,10H2,1H3. The summed E-state index contributed by atoms with van der Waals surface area (Å²) in [5.74, 6) is 0. The van der Waals surface area contributed by atoms with E-state index in [-0.39, 0.29) is 11.2 Å². The Hall–Kier alpha value is -2.41. The molecule has 1 aromatic carbocycles. The van der Waals surface area contributed by atoms with Crippen LogP contribution in [0.3, 0.4) is 0 Å². The number of aromatic nitrogens is 1. The topological polar surface area (TPSA) is 82.2 Å². The fraction of sp³-hybridized carbons (Fsp3) is 0.200. The summed E-state index contributed by atoms with van der Waals surface area (Å²) in [6.45, 7) is 1.61. The van der Waals surface area contributed by atoms with E-state index in [1.54, 1.807) is 49.4 Å². The first-order valence-corrected chi connectivity index (χ1v) is 8.15. The Kier molecular flexibility index (Phi) is 3.17. The van der Waals surface area contributed by atoms with Gasteiger partial charge in [0.2, 0.25) is 10.0 Å². The number of hydrogen-bond acceptors (Lipinski definition) is 4. The molecule has 0 saturated carbocycles. The van der Waals surface area contributed by atoms with Gasteiger partial charge in [-0.15, -0.1) is 0 Å². The summed E-state index contributed by atoms with van der Waals surface area (Å²) in [7, 11) is -3.83. The molecule has 3 rings (SSSR count). The van der Waals surface area contributed by atoms with E-state index in [1.165, 1.54) is 12.3 Å². The second-order valence-electron chi connectivity index (χ2n) is 5.39. The zero-order chi connectivity index (χ0) is 16.0. The summed E-state index contributed by atoms with van der Waals surface area (Å²) < 4.78 is 25.9. The molecule has 0 amide bonds. The number of allylic oxidation sites excluding steroid dienone is 3. The van der Waals surface area contributed by atoms with E-state index < -0.39 is 19.7 Å². The van der Waals surface area contributed by atoms with E-state index in [2.05, 4.69) is 0 Å². The largest absolute Gasteiger partial charge is 0.294 e. The van der Waals surface area contributed by atoms with Gasteiger partial charge >= 0.3 is 0 Å². The van der Waals surface area contributed by atoms with Crippen LogP contribution in [-0.2, 0) is 10.0 Å². The van der Waals surface area contributed by atoms with Gasteiger partial charge < -0.3 is 0 Å². The summed E-state index contributed by atoms with van der Waals surface area (Å²) in [6.07, 6.45) is 8.56. The minimum atomic E-state index is -3.83. The number of rotatable bonds is 3. The lowest BCUT2D eigenvalue weighted by Gasteiger charge is -2.27. The Morgan fingerprint density at radius 1 is 1.27 bits per heavy atom. The highest BCUT2D eigenvalue weighted by atomic mass is 32.2. The maximum Gasteiger partial charge on any atom is 0.294 e. The second kappa shape index (κ2) is 4.81. The predicted octanol–water partition coefficient (Wildman–Crippen LogP) is 3.00. The van der Waals surface area contributed by atoms with Gasteiger partial charge in [-0.2, -0.15) is 0 Å². The first-order chi connectivity index (χ1) is 10.4. The molecule has 0 bridgehead atoms. The fourth-order valence-corrected chi connectivity index (χ4v) is 4.28. The van der Waals surface area contributed by atoms with Crippen LogP contribution >= 0.6 is 0 Å². The summed E-state index contributed by atoms with van der Waals surface area (Å²) >= 11 is 0. The predicted molar refractivity (Wildman–Crippen MR) is 84.2 cm³/mol. The molecule has 0 radical (unpaired) electrons. The van der Waals surface area contributed by atoms with Crippen molar-refractivity contribution in [1.29, 1.82) is 0 Å². The second-order valence-corrected chi connectivity index (χ2v) is 7.67. The van der Waals surface area contributed by atoms with E-state index in [4.69, 9.17) is 0 Å². The first kappa shape index (κ1) is 14.5. The molecule has 6 nitrogen and oxygen atoms in total. The highest BCUT2D eigenvalue weighted by molar-refractivity contribution is 7.91. The van der Waals surface area contributed by atoms with Crippen molar-refractivity contribution >= 4 is 26.6 Å². The zero-order valence-corrected chi connectivity index (χ0v) is 12.7. The zero-order valence-electron chi connectivity index (χ0n) is 11.8. The maximum atomic E-state index is 13.0. The summed E-state index contributed by atoms with van der Waals surface area (Å²) in [5.41, 5.74) is -0.110. The van der Waals surface area contributed by atoms with Crippen LogP contribution in [0, 0.1) is 10.1 Å². The molecule has 1 unspecified atom stereocenters. The third-order valence-electron chi connectivity index (χ3n) is 3.92. The van der Waals surface area contributed by atoms with Crippen LogP contribution in [0.1, 0.15) is 13.3 Å². The summed E-state index contributed by atoms with van der Waals surface area (Å²) in [5, 5.41) is 11.7. The lowest BCUT2D eigenvalue weighted by Crippen LogP contribution is -2.37. The first-order valence-electron chi connectivity index (χ1n) is 6.71. The number of nitro groups is 1. The maximum absolute atomic E-state index is 13.0. The Morgan fingerprint density at radius 2 is 2.05 bits per heavy atom. The van der Waals surface area contributed by atoms with E-state index in [1.807, 2.05) is 0 Å². The van der Waals surface area contributed by atoms with E-state index in [0.29, 0.717) is 11.8 Å². The Bertz CT molecular complexity index is 924. The Labute approximate surface area is 127 Å². The van der Waals surface area contributed by atoms with Crippen LogP contribution in [0.5, 0.6) is 0 Å². The van der Waals surface area contributed by atoms with Gasteiger partial charge in [-0.05, 0) is 19.4 Å². The van der Waals surface area contributed by atoms with Crippen LogP contribution in [0.2, 0.25) is 0 Å². The number of benzene rings is 1. The fourth-order valence-electron chi connectivity index (χ4n) is 2.62. The molecule has 22 heavy (non-hydrogen) atoms. The molecule has 1 aliphatic rings. The van der Waals surface area contributed by atoms with Crippen molar-refractivity contribution in [2.24, 2.45) is 0 Å². The van der Waals surface area contributed by atoms with Crippen LogP contribution in [0.4, 0.5) is 5.69 Å². The normalized spacial score (nSPS) is 21.3. The quantitative estimate of drug-likeness (QED) is 0.643. The summed E-state index contributed by atoms with van der Waals surface area (Å²) in [6, 6.07) is 6.09. The van der Waals surface area contributed by atoms with Crippen molar-refractivity contribution in [1.82, 2.24) is 3.97 Å². The van der Waals surface area contributed by atoms with E-state index in [0.717, 1.165) is 3.97 Å². The number of nitro benzene ring substituents is 1. The van der Waals surface area contributed by atoms with Crippen molar-refractivity contribution < 1.29 is 13.3 Å². The van der Waals surface area contributed by atoms with Gasteiger partial charge in [-0.1, -0.05) is 36.4 Å². The minimum Gasteiger partial charge on any atom is -0.258 e. The third-order valence-corrected chi connectivity index (χ3v) is 6.22. The Balaban J connectivity index is 2.29. The molecular weight excluding hydrogens is 304 g/mol.